The summed E-state index contributed by atoms with van der Waals surface area (Å²) in [5.41, 5.74) is 0.823. The van der Waals surface area contributed by atoms with E-state index in [0.29, 0.717) is 11.3 Å². The summed E-state index contributed by atoms with van der Waals surface area (Å²) in [5.74, 6) is -1.21. The van der Waals surface area contributed by atoms with Crippen molar-refractivity contribution in [2.75, 3.05) is 6.54 Å². The van der Waals surface area contributed by atoms with Gasteiger partial charge in [0.05, 0.1) is 0 Å². The molecule has 0 saturated heterocycles. The molecule has 0 aliphatic heterocycles. The van der Waals surface area contributed by atoms with Crippen LogP contribution in [0.3, 0.4) is 0 Å². The Balaban J connectivity index is 0.00000225. The van der Waals surface area contributed by atoms with Crippen molar-refractivity contribution in [3.8, 4) is 11.5 Å². The third-order valence-electron chi connectivity index (χ3n) is 1.82. The Morgan fingerprint density at radius 3 is 2.50 bits per heavy atom. The minimum atomic E-state index is -1.03. The van der Waals surface area contributed by atoms with Crippen LogP contribution in [0.4, 0.5) is 0 Å². The summed E-state index contributed by atoms with van der Waals surface area (Å²) in [6, 6.07) is 4.05. The van der Waals surface area contributed by atoms with Gasteiger partial charge in [-0.15, -0.1) is 0 Å². The number of carboxylic acids is 1. The molecule has 0 spiro atoms. The fourth-order valence-corrected chi connectivity index (χ4v) is 1.10. The maximum atomic E-state index is 10.3. The first-order chi connectivity index (χ1) is 7.00. The van der Waals surface area contributed by atoms with Gasteiger partial charge in [0.2, 0.25) is 0 Å². The number of rotatable bonds is 3. The van der Waals surface area contributed by atoms with Crippen LogP contribution in [0, 0.1) is 0 Å². The largest absolute Gasteiger partial charge is 0.508 e. The Bertz CT molecular complexity index is 417. The fourth-order valence-electron chi connectivity index (χ4n) is 1.10. The fraction of sp³-hybridized carbons (Fsp3) is 0.200. The zero-order valence-electron chi connectivity index (χ0n) is 8.84. The maximum absolute atomic E-state index is 10.3. The molecule has 5 nitrogen and oxygen atoms in total. The molecule has 0 radical (unpaired) electrons. The molecule has 0 aliphatic rings. The molecule has 0 aromatic heterocycles. The SMILES string of the molecule is C/C(=N\CC(=O)O)c1ccc(O)cc1O.[Zn]. The third-order valence-corrected chi connectivity index (χ3v) is 1.82. The molecule has 1 rings (SSSR count). The maximum Gasteiger partial charge on any atom is 0.325 e. The molecule has 16 heavy (non-hydrogen) atoms. The van der Waals surface area contributed by atoms with Crippen molar-refractivity contribution in [1.82, 2.24) is 0 Å². The summed E-state index contributed by atoms with van der Waals surface area (Å²) in [7, 11) is 0. The molecule has 82 valence electrons. The molecule has 1 aromatic carbocycles. The number of carboxylic acid groups (broad SMARTS) is 1. The van der Waals surface area contributed by atoms with Crippen LogP contribution >= 0.6 is 0 Å². The predicted octanol–water partition coefficient (Wildman–Crippen LogP) is 0.989. The minimum Gasteiger partial charge on any atom is -0.508 e. The number of phenols is 2. The number of nitrogens with zero attached hydrogens (tertiary/aromatic N) is 1. The smallest absolute Gasteiger partial charge is 0.325 e. The third kappa shape index (κ3) is 3.99. The summed E-state index contributed by atoms with van der Waals surface area (Å²) in [5, 5.41) is 26.9. The van der Waals surface area contributed by atoms with Crippen molar-refractivity contribution in [1.29, 1.82) is 0 Å². The van der Waals surface area contributed by atoms with Crippen LogP contribution in [0.2, 0.25) is 0 Å². The van der Waals surface area contributed by atoms with Gasteiger partial charge < -0.3 is 15.3 Å². The van der Waals surface area contributed by atoms with Gasteiger partial charge in [0, 0.05) is 36.8 Å². The van der Waals surface area contributed by atoms with Crippen LogP contribution in [0.1, 0.15) is 12.5 Å². The van der Waals surface area contributed by atoms with E-state index in [1.165, 1.54) is 18.2 Å². The molecular weight excluding hydrogens is 264 g/mol. The topological polar surface area (TPSA) is 90.1 Å². The zero-order valence-corrected chi connectivity index (χ0v) is 11.8. The molecule has 0 atom stereocenters. The van der Waals surface area contributed by atoms with Crippen LogP contribution in [-0.4, -0.2) is 33.5 Å². The zero-order chi connectivity index (χ0) is 11.4. The minimum absolute atomic E-state index is 0. The van der Waals surface area contributed by atoms with Gasteiger partial charge >= 0.3 is 5.97 Å². The monoisotopic (exact) mass is 273 g/mol. The van der Waals surface area contributed by atoms with E-state index in [1.54, 1.807) is 6.92 Å². The van der Waals surface area contributed by atoms with Crippen molar-refractivity contribution >= 4 is 11.7 Å². The first kappa shape index (κ1) is 14.6. The van der Waals surface area contributed by atoms with Crippen molar-refractivity contribution in [3.05, 3.63) is 23.8 Å². The number of benzene rings is 1. The van der Waals surface area contributed by atoms with Crippen molar-refractivity contribution in [2.24, 2.45) is 4.99 Å². The molecule has 0 fully saturated rings. The van der Waals surface area contributed by atoms with Gasteiger partial charge in [-0.1, -0.05) is 0 Å². The average Bonchev–Trinajstić information content (AvgIpc) is 2.14. The number of aromatic hydroxyl groups is 2. The average molecular weight is 275 g/mol. The van der Waals surface area contributed by atoms with Gasteiger partial charge in [-0.25, -0.2) is 0 Å². The van der Waals surface area contributed by atoms with E-state index in [2.05, 4.69) is 4.99 Å². The Kier molecular flexibility index (Phi) is 5.68. The van der Waals surface area contributed by atoms with Crippen molar-refractivity contribution < 1.29 is 39.6 Å². The number of carbonyl (C=O) groups is 1. The molecule has 0 unspecified atom stereocenters. The van der Waals surface area contributed by atoms with Gasteiger partial charge in [0.15, 0.2) is 0 Å². The molecule has 0 aliphatic carbocycles. The van der Waals surface area contributed by atoms with E-state index in [1.807, 2.05) is 0 Å². The van der Waals surface area contributed by atoms with Gasteiger partial charge in [0.1, 0.15) is 18.0 Å². The molecule has 0 saturated carbocycles. The van der Waals surface area contributed by atoms with E-state index in [0.717, 1.165) is 0 Å². The molecular formula is C10H11NO4Zn. The number of phenolic OH excluding ortho intramolecular Hbond substituents is 2. The van der Waals surface area contributed by atoms with Gasteiger partial charge in [-0.05, 0) is 19.1 Å². The summed E-state index contributed by atoms with van der Waals surface area (Å²) in [6.45, 7) is 1.25. The molecule has 6 heteroatoms. The summed E-state index contributed by atoms with van der Waals surface area (Å²) in [4.78, 5) is 14.0. The van der Waals surface area contributed by atoms with Crippen molar-refractivity contribution in [2.45, 2.75) is 6.92 Å². The van der Waals surface area contributed by atoms with Gasteiger partial charge in [0.25, 0.3) is 0 Å². The summed E-state index contributed by atoms with van der Waals surface area (Å²) < 4.78 is 0. The Hall–Kier alpha value is -1.42. The number of aliphatic imine (C=N–C) groups is 1. The van der Waals surface area contributed by atoms with Crippen LogP contribution in [0.15, 0.2) is 23.2 Å². The summed E-state index contributed by atoms with van der Waals surface area (Å²) in [6.07, 6.45) is 0. The van der Waals surface area contributed by atoms with E-state index in [-0.39, 0.29) is 37.5 Å². The first-order valence-corrected chi connectivity index (χ1v) is 4.26. The van der Waals surface area contributed by atoms with Crippen LogP contribution < -0.4 is 0 Å². The predicted molar refractivity (Wildman–Crippen MR) is 54.5 cm³/mol. The number of hydrogen-bond acceptors (Lipinski definition) is 4. The number of hydrogen-bond donors (Lipinski definition) is 3. The normalized spacial score (nSPS) is 10.7. The molecule has 3 N–H and O–H groups in total. The molecule has 0 bridgehead atoms. The molecule has 0 amide bonds. The van der Waals surface area contributed by atoms with E-state index in [4.69, 9.17) is 10.2 Å². The Morgan fingerprint density at radius 1 is 1.38 bits per heavy atom. The van der Waals surface area contributed by atoms with E-state index in [9.17, 15) is 9.90 Å². The van der Waals surface area contributed by atoms with Crippen LogP contribution in [-0.2, 0) is 24.3 Å². The Labute approximate surface area is 105 Å². The van der Waals surface area contributed by atoms with Crippen molar-refractivity contribution in [3.63, 3.8) is 0 Å². The van der Waals surface area contributed by atoms with Crippen LogP contribution in [0.25, 0.3) is 0 Å². The number of aliphatic carboxylic acids is 1. The summed E-state index contributed by atoms with van der Waals surface area (Å²) >= 11 is 0. The second-order valence-electron chi connectivity index (χ2n) is 3.00. The van der Waals surface area contributed by atoms with Gasteiger partial charge in [-0.2, -0.15) is 0 Å². The quantitative estimate of drug-likeness (QED) is 0.566. The van der Waals surface area contributed by atoms with E-state index < -0.39 is 5.97 Å². The standard InChI is InChI=1S/C10H11NO4.Zn/c1-6(11-5-10(14)15)8-3-2-7(12)4-9(8)13;/h2-4,12-13H,5H2,1H3,(H,14,15);/b11-6+;. The van der Waals surface area contributed by atoms with E-state index >= 15 is 0 Å². The van der Waals surface area contributed by atoms with Gasteiger partial charge in [-0.3, -0.25) is 9.79 Å². The van der Waals surface area contributed by atoms with Crippen LogP contribution in [0.5, 0.6) is 11.5 Å². The first-order valence-electron chi connectivity index (χ1n) is 4.26. The second-order valence-corrected chi connectivity index (χ2v) is 3.00. The molecule has 0 heterocycles. The Morgan fingerprint density at radius 2 is 2.00 bits per heavy atom. The molecule has 1 aromatic rings. The second kappa shape index (κ2) is 6.23.